The van der Waals surface area contributed by atoms with Gasteiger partial charge in [0, 0.05) is 4.88 Å². The fourth-order valence-electron chi connectivity index (χ4n) is 3.08. The topological polar surface area (TPSA) is 64.9 Å². The lowest BCUT2D eigenvalue weighted by molar-refractivity contribution is 0.0974. The van der Waals surface area contributed by atoms with E-state index in [1.807, 2.05) is 0 Å². The van der Waals surface area contributed by atoms with Gasteiger partial charge in [-0.05, 0) is 55.6 Å². The summed E-state index contributed by atoms with van der Waals surface area (Å²) in [4.78, 5) is 13.4. The van der Waals surface area contributed by atoms with Gasteiger partial charge in [-0.2, -0.15) is 5.26 Å². The van der Waals surface area contributed by atoms with Crippen LogP contribution in [0.25, 0.3) is 0 Å². The molecule has 0 fully saturated rings. The Morgan fingerprint density at radius 2 is 1.92 bits per heavy atom. The van der Waals surface area contributed by atoms with Crippen LogP contribution in [0.4, 0.5) is 9.39 Å². The predicted molar refractivity (Wildman–Crippen MR) is 105 cm³/mol. The van der Waals surface area contributed by atoms with E-state index in [4.69, 9.17) is 12.2 Å². The Hall–Kier alpha value is -2.30. The molecule has 0 unspecified atom stereocenters. The fraction of sp³-hybridized carbons (Fsp3) is 0.316. The number of hydrogen-bond acceptors (Lipinski definition) is 4. The Bertz CT molecular complexity index is 885. The van der Waals surface area contributed by atoms with E-state index in [1.165, 1.54) is 47.3 Å². The van der Waals surface area contributed by atoms with Gasteiger partial charge in [0.1, 0.15) is 16.9 Å². The molecule has 0 saturated heterocycles. The quantitative estimate of drug-likeness (QED) is 0.742. The molecule has 0 bridgehead atoms. The lowest BCUT2D eigenvalue weighted by Gasteiger charge is -2.09. The van der Waals surface area contributed by atoms with Gasteiger partial charge >= 0.3 is 0 Å². The molecule has 3 rings (SSSR count). The molecule has 1 heterocycles. The van der Waals surface area contributed by atoms with Gasteiger partial charge in [0.15, 0.2) is 5.11 Å². The van der Waals surface area contributed by atoms with Crippen molar-refractivity contribution in [3.8, 4) is 6.07 Å². The molecule has 7 heteroatoms. The molecule has 26 heavy (non-hydrogen) atoms. The number of aryl methyl sites for hydroxylation is 1. The molecule has 1 aromatic carbocycles. The summed E-state index contributed by atoms with van der Waals surface area (Å²) in [6.07, 6.45) is 6.44. The van der Waals surface area contributed by atoms with Crippen molar-refractivity contribution in [1.82, 2.24) is 5.32 Å². The van der Waals surface area contributed by atoms with Crippen LogP contribution in [0.1, 0.15) is 52.0 Å². The summed E-state index contributed by atoms with van der Waals surface area (Å²) in [6, 6.07) is 7.98. The lowest BCUT2D eigenvalue weighted by Crippen LogP contribution is -2.34. The molecule has 1 amide bonds. The Labute approximate surface area is 161 Å². The fourth-order valence-corrected chi connectivity index (χ4v) is 4.58. The van der Waals surface area contributed by atoms with Crippen molar-refractivity contribution in [2.24, 2.45) is 0 Å². The van der Waals surface area contributed by atoms with Gasteiger partial charge in [-0.3, -0.25) is 10.1 Å². The first-order valence-electron chi connectivity index (χ1n) is 8.51. The summed E-state index contributed by atoms with van der Waals surface area (Å²) in [5.41, 5.74) is 1.63. The molecule has 1 aromatic heterocycles. The van der Waals surface area contributed by atoms with Gasteiger partial charge in [0.25, 0.3) is 5.91 Å². The third kappa shape index (κ3) is 4.09. The van der Waals surface area contributed by atoms with Crippen LogP contribution in [0.3, 0.4) is 0 Å². The summed E-state index contributed by atoms with van der Waals surface area (Å²) in [6.45, 7) is 0. The molecule has 0 saturated carbocycles. The number of rotatable bonds is 2. The molecule has 2 aromatic rings. The Kier molecular flexibility index (Phi) is 5.96. The van der Waals surface area contributed by atoms with Crippen molar-refractivity contribution >= 4 is 39.6 Å². The molecule has 0 atom stereocenters. The van der Waals surface area contributed by atoms with Crippen molar-refractivity contribution in [1.29, 1.82) is 5.26 Å². The number of nitrogens with one attached hydrogen (secondary N) is 2. The molecule has 0 aliphatic heterocycles. The first-order chi connectivity index (χ1) is 12.6. The molecule has 0 spiro atoms. The van der Waals surface area contributed by atoms with E-state index in [1.54, 1.807) is 6.07 Å². The van der Waals surface area contributed by atoms with E-state index in [9.17, 15) is 14.4 Å². The van der Waals surface area contributed by atoms with Gasteiger partial charge in [0.2, 0.25) is 0 Å². The van der Waals surface area contributed by atoms with Crippen molar-refractivity contribution in [3.05, 3.63) is 51.7 Å². The number of carbonyl (C=O) groups is 1. The normalized spacial score (nSPS) is 13.7. The first-order valence-corrected chi connectivity index (χ1v) is 9.74. The van der Waals surface area contributed by atoms with Gasteiger partial charge < -0.3 is 5.32 Å². The largest absolute Gasteiger partial charge is 0.323 e. The molecular weight excluding hydrogens is 369 g/mol. The van der Waals surface area contributed by atoms with Crippen molar-refractivity contribution in [3.63, 3.8) is 0 Å². The van der Waals surface area contributed by atoms with Crippen LogP contribution in [0.15, 0.2) is 24.3 Å². The zero-order valence-corrected chi connectivity index (χ0v) is 15.7. The maximum atomic E-state index is 13.7. The van der Waals surface area contributed by atoms with Crippen molar-refractivity contribution in [2.45, 2.75) is 38.5 Å². The third-order valence-corrected chi connectivity index (χ3v) is 5.77. The second kappa shape index (κ2) is 8.39. The lowest BCUT2D eigenvalue weighted by atomic mass is 9.97. The van der Waals surface area contributed by atoms with Crippen LogP contribution in [-0.2, 0) is 12.8 Å². The summed E-state index contributed by atoms with van der Waals surface area (Å²) in [7, 11) is 0. The predicted octanol–water partition coefficient (Wildman–Crippen LogP) is 4.54. The molecule has 1 aliphatic rings. The minimum Gasteiger partial charge on any atom is -0.323 e. The maximum Gasteiger partial charge on any atom is 0.260 e. The van der Waals surface area contributed by atoms with Gasteiger partial charge in [-0.15, -0.1) is 11.3 Å². The van der Waals surface area contributed by atoms with Crippen LogP contribution in [0.5, 0.6) is 0 Å². The summed E-state index contributed by atoms with van der Waals surface area (Å²) in [5, 5.41) is 15.7. The summed E-state index contributed by atoms with van der Waals surface area (Å²) in [5.74, 6) is -1.22. The Morgan fingerprint density at radius 1 is 1.19 bits per heavy atom. The average molecular weight is 388 g/mol. The molecular formula is C19H18FN3OS2. The number of thiophene rings is 1. The van der Waals surface area contributed by atoms with Crippen molar-refractivity contribution in [2.75, 3.05) is 5.32 Å². The van der Waals surface area contributed by atoms with Crippen LogP contribution in [0.2, 0.25) is 0 Å². The molecule has 134 valence electrons. The van der Waals surface area contributed by atoms with Crippen LogP contribution >= 0.6 is 23.6 Å². The number of carbonyl (C=O) groups excluding carboxylic acids is 1. The highest BCUT2D eigenvalue weighted by molar-refractivity contribution is 7.80. The van der Waals surface area contributed by atoms with E-state index in [-0.39, 0.29) is 10.7 Å². The second-order valence-electron chi connectivity index (χ2n) is 6.12. The molecule has 4 nitrogen and oxygen atoms in total. The molecule has 0 radical (unpaired) electrons. The molecule has 2 N–H and O–H groups in total. The average Bonchev–Trinajstić information content (AvgIpc) is 2.90. The number of thiocarbonyl (C=S) groups is 1. The summed E-state index contributed by atoms with van der Waals surface area (Å²) < 4.78 is 13.7. The van der Waals surface area contributed by atoms with E-state index < -0.39 is 11.7 Å². The minimum atomic E-state index is -0.617. The van der Waals surface area contributed by atoms with E-state index >= 15 is 0 Å². The number of benzene rings is 1. The third-order valence-electron chi connectivity index (χ3n) is 4.36. The number of nitrogens with zero attached hydrogens (tertiary/aromatic N) is 1. The van der Waals surface area contributed by atoms with Gasteiger partial charge in [0.05, 0.1) is 11.1 Å². The minimum absolute atomic E-state index is 0.0592. The zero-order chi connectivity index (χ0) is 18.5. The van der Waals surface area contributed by atoms with Gasteiger partial charge in [-0.25, -0.2) is 4.39 Å². The first kappa shape index (κ1) is 18.5. The second-order valence-corrected chi connectivity index (χ2v) is 7.64. The highest BCUT2D eigenvalue weighted by Gasteiger charge is 2.20. The number of nitriles is 1. The van der Waals surface area contributed by atoms with Crippen molar-refractivity contribution < 1.29 is 9.18 Å². The number of anilines is 1. The van der Waals surface area contributed by atoms with Gasteiger partial charge in [-0.1, -0.05) is 25.0 Å². The Morgan fingerprint density at radius 3 is 2.65 bits per heavy atom. The number of halogens is 1. The molecule has 1 aliphatic carbocycles. The van der Waals surface area contributed by atoms with Crippen LogP contribution in [-0.4, -0.2) is 11.0 Å². The van der Waals surface area contributed by atoms with E-state index in [0.29, 0.717) is 10.6 Å². The van der Waals surface area contributed by atoms with Crippen LogP contribution in [0, 0.1) is 17.1 Å². The SMILES string of the molecule is N#Cc1c(NC(=S)NC(=O)c2ccccc2F)sc2c1CCCCCC2. The monoisotopic (exact) mass is 387 g/mol. The van der Waals surface area contributed by atoms with E-state index in [2.05, 4.69) is 16.7 Å². The highest BCUT2D eigenvalue weighted by atomic mass is 32.1. The highest BCUT2D eigenvalue weighted by Crippen LogP contribution is 2.36. The number of amides is 1. The smallest absolute Gasteiger partial charge is 0.260 e. The van der Waals surface area contributed by atoms with E-state index in [0.717, 1.165) is 31.2 Å². The maximum absolute atomic E-state index is 13.7. The standard InChI is InChI=1S/C19H18FN3OS2/c20-15-9-6-5-8-13(15)17(24)22-19(25)23-18-14(11-21)12-7-3-1-2-4-10-16(12)26-18/h5-6,8-9H,1-4,7,10H2,(H2,22,23,24,25). The number of fused-ring (bicyclic) bond motifs is 1. The number of hydrogen-bond donors (Lipinski definition) is 2. The summed E-state index contributed by atoms with van der Waals surface area (Å²) >= 11 is 6.71. The zero-order valence-electron chi connectivity index (χ0n) is 14.1. The Balaban J connectivity index is 1.75. The van der Waals surface area contributed by atoms with Crippen LogP contribution < -0.4 is 10.6 Å².